The Morgan fingerprint density at radius 3 is 2.63 bits per heavy atom. The van der Waals surface area contributed by atoms with Gasteiger partial charge in [-0.05, 0) is 98.1 Å². The van der Waals surface area contributed by atoms with Crippen LogP contribution in [0.1, 0.15) is 84.8 Å². The summed E-state index contributed by atoms with van der Waals surface area (Å²) in [5.74, 6) is -0.172. The topological polar surface area (TPSA) is 139 Å². The molecule has 2 fully saturated rings. The van der Waals surface area contributed by atoms with Crippen molar-refractivity contribution in [3.8, 4) is 11.5 Å². The third-order valence-electron chi connectivity index (χ3n) is 9.36. The molecule has 0 saturated heterocycles. The summed E-state index contributed by atoms with van der Waals surface area (Å²) in [6, 6.07) is 8.87. The second kappa shape index (κ2) is 9.97. The van der Waals surface area contributed by atoms with Crippen molar-refractivity contribution in [2.45, 2.75) is 77.2 Å². The van der Waals surface area contributed by atoms with Gasteiger partial charge < -0.3 is 26.0 Å². The minimum Gasteiger partial charge on any atom is -0.508 e. The summed E-state index contributed by atoms with van der Waals surface area (Å²) >= 11 is 0. The predicted octanol–water partition coefficient (Wildman–Crippen LogP) is 4.69. The number of nitrogens with two attached hydrogens (primary N) is 1. The number of carbonyl (C=O) groups excluding carboxylic acids is 3. The molecular formula is C30H36N2O6. The molecule has 3 aliphatic rings. The smallest absolute Gasteiger partial charge is 0.306 e. The van der Waals surface area contributed by atoms with Crippen LogP contribution in [0.25, 0.3) is 0 Å². The monoisotopic (exact) mass is 520 g/mol. The number of carbonyl (C=O) groups is 3. The number of esters is 1. The van der Waals surface area contributed by atoms with Crippen LogP contribution >= 0.6 is 0 Å². The van der Waals surface area contributed by atoms with E-state index in [1.54, 1.807) is 19.1 Å². The lowest BCUT2D eigenvalue weighted by Crippen LogP contribution is -2.45. The summed E-state index contributed by atoms with van der Waals surface area (Å²) in [4.78, 5) is 36.9. The number of aromatic hydroxyl groups is 2. The van der Waals surface area contributed by atoms with Crippen LogP contribution in [-0.4, -0.2) is 34.1 Å². The summed E-state index contributed by atoms with van der Waals surface area (Å²) in [5.41, 5.74) is 8.43. The van der Waals surface area contributed by atoms with Gasteiger partial charge >= 0.3 is 5.97 Å². The summed E-state index contributed by atoms with van der Waals surface area (Å²) in [6.45, 7) is 3.90. The normalized spacial score (nSPS) is 27.5. The summed E-state index contributed by atoms with van der Waals surface area (Å²) in [6.07, 6.45) is 5.60. The van der Waals surface area contributed by atoms with Crippen LogP contribution in [0.2, 0.25) is 0 Å². The summed E-state index contributed by atoms with van der Waals surface area (Å²) in [7, 11) is 0. The number of rotatable bonds is 6. The van der Waals surface area contributed by atoms with Crippen molar-refractivity contribution < 1.29 is 29.3 Å². The van der Waals surface area contributed by atoms with Crippen molar-refractivity contribution in [1.29, 1.82) is 0 Å². The van der Waals surface area contributed by atoms with Gasteiger partial charge in [0.05, 0.1) is 17.7 Å². The molecule has 8 nitrogen and oxygen atoms in total. The molecule has 0 heterocycles. The molecule has 0 radical (unpaired) electrons. The van der Waals surface area contributed by atoms with E-state index in [2.05, 4.69) is 18.3 Å². The second-order valence-electron chi connectivity index (χ2n) is 11.5. The van der Waals surface area contributed by atoms with Crippen molar-refractivity contribution in [3.05, 3.63) is 52.6 Å². The van der Waals surface area contributed by atoms with Crippen LogP contribution in [0.4, 0.5) is 5.69 Å². The van der Waals surface area contributed by atoms with Crippen LogP contribution in [0.5, 0.6) is 11.5 Å². The fourth-order valence-corrected chi connectivity index (χ4v) is 7.46. The molecular weight excluding hydrogens is 484 g/mol. The van der Waals surface area contributed by atoms with E-state index in [-0.39, 0.29) is 41.4 Å². The SMILES string of the molecule is Cc1ccc(NC(=O)CCC(=O)OC2CCC3C4CCc5cc(O)ccc5C4CCC23C)c(O)c1C(N)=O. The number of benzene rings is 2. The first-order chi connectivity index (χ1) is 18.1. The molecule has 3 aliphatic carbocycles. The van der Waals surface area contributed by atoms with Gasteiger partial charge in [-0.25, -0.2) is 0 Å². The maximum atomic E-state index is 12.8. The lowest BCUT2D eigenvalue weighted by atomic mass is 9.55. The Morgan fingerprint density at radius 1 is 1.08 bits per heavy atom. The first kappa shape index (κ1) is 26.1. The standard InChI is InChI=1S/C30H36N2O6/c1-16-3-9-23(28(36)27(16)29(31)37)32-25(34)11-12-26(35)38-24-10-8-22-21-6-4-17-15-18(33)5-7-19(17)20(21)13-14-30(22,24)2/h3,5,7,9,15,20-22,24,33,36H,4,6,8,10-14H2,1-2H3,(H2,31,37)(H,32,34). The molecule has 5 unspecified atom stereocenters. The van der Waals surface area contributed by atoms with E-state index in [0.717, 1.165) is 38.5 Å². The largest absolute Gasteiger partial charge is 0.508 e. The highest BCUT2D eigenvalue weighted by molar-refractivity contribution is 6.01. The maximum absolute atomic E-state index is 12.8. The Labute approximate surface area is 222 Å². The number of phenolic OH excluding ortho intramolecular Hbond substituents is 1. The molecule has 2 saturated carbocycles. The van der Waals surface area contributed by atoms with Gasteiger partial charge in [0, 0.05) is 11.8 Å². The van der Waals surface area contributed by atoms with Crippen molar-refractivity contribution in [2.75, 3.05) is 5.32 Å². The minimum atomic E-state index is -0.784. The number of hydrogen-bond acceptors (Lipinski definition) is 6. The number of phenols is 2. The molecule has 0 bridgehead atoms. The van der Waals surface area contributed by atoms with Crippen molar-refractivity contribution in [1.82, 2.24) is 0 Å². The van der Waals surface area contributed by atoms with Gasteiger partial charge in [-0.3, -0.25) is 14.4 Å². The summed E-state index contributed by atoms with van der Waals surface area (Å²) in [5, 5.41) is 22.8. The van der Waals surface area contributed by atoms with Crippen molar-refractivity contribution in [3.63, 3.8) is 0 Å². The quantitative estimate of drug-likeness (QED) is 0.322. The van der Waals surface area contributed by atoms with E-state index >= 15 is 0 Å². The molecule has 8 heteroatoms. The Balaban J connectivity index is 1.18. The first-order valence-corrected chi connectivity index (χ1v) is 13.5. The fraction of sp³-hybridized carbons (Fsp3) is 0.500. The molecule has 0 aromatic heterocycles. The van der Waals surface area contributed by atoms with Crippen LogP contribution in [-0.2, 0) is 20.7 Å². The van der Waals surface area contributed by atoms with E-state index < -0.39 is 17.8 Å². The van der Waals surface area contributed by atoms with E-state index in [1.165, 1.54) is 17.2 Å². The van der Waals surface area contributed by atoms with Crippen LogP contribution < -0.4 is 11.1 Å². The number of fused-ring (bicyclic) bond motifs is 5. The number of anilines is 1. The second-order valence-corrected chi connectivity index (χ2v) is 11.5. The highest BCUT2D eigenvalue weighted by Crippen LogP contribution is 2.61. The molecule has 202 valence electrons. The fourth-order valence-electron chi connectivity index (χ4n) is 7.46. The number of hydrogen-bond donors (Lipinski definition) is 4. The molecule has 5 rings (SSSR count). The molecule has 5 atom stereocenters. The predicted molar refractivity (Wildman–Crippen MR) is 142 cm³/mol. The molecule has 2 aromatic rings. The average molecular weight is 521 g/mol. The maximum Gasteiger partial charge on any atom is 0.306 e. The van der Waals surface area contributed by atoms with Gasteiger partial charge in [0.25, 0.3) is 5.91 Å². The van der Waals surface area contributed by atoms with E-state index in [9.17, 15) is 24.6 Å². The van der Waals surface area contributed by atoms with Crippen LogP contribution in [0, 0.1) is 24.2 Å². The third-order valence-corrected chi connectivity index (χ3v) is 9.36. The molecule has 38 heavy (non-hydrogen) atoms. The van der Waals surface area contributed by atoms with E-state index in [1.807, 2.05) is 6.07 Å². The van der Waals surface area contributed by atoms with E-state index in [0.29, 0.717) is 29.1 Å². The van der Waals surface area contributed by atoms with Crippen molar-refractivity contribution >= 4 is 23.5 Å². The Kier molecular flexibility index (Phi) is 6.84. The molecule has 0 aliphatic heterocycles. The van der Waals surface area contributed by atoms with Gasteiger partial charge in [0.2, 0.25) is 5.91 Å². The van der Waals surface area contributed by atoms with Gasteiger partial charge in [0.15, 0.2) is 5.75 Å². The lowest BCUT2D eigenvalue weighted by Gasteiger charge is -2.50. The van der Waals surface area contributed by atoms with Crippen LogP contribution in [0.15, 0.2) is 30.3 Å². The number of primary amides is 1. The minimum absolute atomic E-state index is 0.0411. The number of aryl methyl sites for hydroxylation is 2. The molecule has 5 N–H and O–H groups in total. The number of ether oxygens (including phenoxy) is 1. The van der Waals surface area contributed by atoms with Crippen molar-refractivity contribution in [2.24, 2.45) is 23.0 Å². The highest BCUT2D eigenvalue weighted by atomic mass is 16.5. The summed E-state index contributed by atoms with van der Waals surface area (Å²) < 4.78 is 5.98. The van der Waals surface area contributed by atoms with E-state index in [4.69, 9.17) is 10.5 Å². The van der Waals surface area contributed by atoms with Crippen LogP contribution in [0.3, 0.4) is 0 Å². The Hall–Kier alpha value is -3.55. The lowest BCUT2D eigenvalue weighted by molar-refractivity contribution is -0.158. The van der Waals surface area contributed by atoms with Gasteiger partial charge in [0.1, 0.15) is 11.9 Å². The molecule has 2 aromatic carbocycles. The molecule has 2 amide bonds. The average Bonchev–Trinajstić information content (AvgIpc) is 3.20. The van der Waals surface area contributed by atoms with Gasteiger partial charge in [-0.1, -0.05) is 19.1 Å². The Morgan fingerprint density at radius 2 is 1.87 bits per heavy atom. The number of nitrogens with one attached hydrogen (secondary N) is 1. The third kappa shape index (κ3) is 4.61. The zero-order valence-electron chi connectivity index (χ0n) is 22.0. The molecule has 0 spiro atoms. The zero-order chi connectivity index (χ0) is 27.2. The highest BCUT2D eigenvalue weighted by Gasteiger charge is 2.56. The van der Waals surface area contributed by atoms with Gasteiger partial charge in [-0.15, -0.1) is 0 Å². The van der Waals surface area contributed by atoms with Gasteiger partial charge in [-0.2, -0.15) is 0 Å². The number of amides is 2. The zero-order valence-corrected chi connectivity index (χ0v) is 22.0. The Bertz CT molecular complexity index is 1290. The first-order valence-electron chi connectivity index (χ1n) is 13.5.